The van der Waals surface area contributed by atoms with Crippen molar-refractivity contribution in [3.05, 3.63) is 46.9 Å². The quantitative estimate of drug-likeness (QED) is 0.865. The molecule has 0 radical (unpaired) electrons. The van der Waals surface area contributed by atoms with Crippen molar-refractivity contribution in [1.82, 2.24) is 9.88 Å². The lowest BCUT2D eigenvalue weighted by Crippen LogP contribution is -2.24. The van der Waals surface area contributed by atoms with Crippen molar-refractivity contribution in [1.29, 1.82) is 0 Å². The first-order valence-corrected chi connectivity index (χ1v) is 8.57. The van der Waals surface area contributed by atoms with E-state index in [4.69, 9.17) is 4.74 Å². The molecule has 3 atom stereocenters. The fraction of sp³-hybridized carbons (Fsp3) is 0.471. The summed E-state index contributed by atoms with van der Waals surface area (Å²) < 4.78 is 6.12. The van der Waals surface area contributed by atoms with Crippen LogP contribution in [0.3, 0.4) is 0 Å². The van der Waals surface area contributed by atoms with E-state index in [0.717, 1.165) is 24.1 Å². The predicted molar refractivity (Wildman–Crippen MR) is 84.5 cm³/mol. The lowest BCUT2D eigenvalue weighted by molar-refractivity contribution is 0.184. The fourth-order valence-electron chi connectivity index (χ4n) is 3.78. The number of aromatic nitrogens is 1. The van der Waals surface area contributed by atoms with E-state index in [-0.39, 0.29) is 0 Å². The molecule has 110 valence electrons. The summed E-state index contributed by atoms with van der Waals surface area (Å²) in [5.41, 5.74) is 0. The van der Waals surface area contributed by atoms with Gasteiger partial charge in [0, 0.05) is 24.7 Å². The predicted octanol–water partition coefficient (Wildman–Crippen LogP) is 3.43. The average molecular weight is 300 g/mol. The summed E-state index contributed by atoms with van der Waals surface area (Å²) in [5, 5.41) is 3.31. The fourth-order valence-corrected chi connectivity index (χ4v) is 4.44. The molecule has 1 aromatic heterocycles. The molecule has 1 aliphatic carbocycles. The van der Waals surface area contributed by atoms with Crippen LogP contribution in [0.5, 0.6) is 5.75 Å². The first kappa shape index (κ1) is 13.3. The summed E-state index contributed by atoms with van der Waals surface area (Å²) in [7, 11) is 0. The smallest absolute Gasteiger partial charge is 0.119 e. The summed E-state index contributed by atoms with van der Waals surface area (Å²) in [4.78, 5) is 6.96. The van der Waals surface area contributed by atoms with E-state index in [9.17, 15) is 0 Å². The second kappa shape index (κ2) is 5.78. The minimum absolute atomic E-state index is 0.407. The molecule has 1 unspecified atom stereocenters. The van der Waals surface area contributed by atoms with Crippen LogP contribution < -0.4 is 4.74 Å². The molecule has 2 aromatic rings. The molecule has 1 saturated heterocycles. The van der Waals surface area contributed by atoms with Crippen LogP contribution in [0.1, 0.15) is 17.8 Å². The second-order valence-electron chi connectivity index (χ2n) is 6.16. The molecule has 0 bridgehead atoms. The molecular formula is C17H20N2OS. The first-order valence-electron chi connectivity index (χ1n) is 7.69. The highest BCUT2D eigenvalue weighted by Gasteiger charge is 2.41. The normalized spacial score (nSPS) is 28.7. The van der Waals surface area contributed by atoms with E-state index < -0.39 is 0 Å². The number of rotatable bonds is 4. The number of likely N-dealkylation sites (tertiary alicyclic amines) is 1. The van der Waals surface area contributed by atoms with Crippen LogP contribution in [0, 0.1) is 11.8 Å². The molecule has 1 saturated carbocycles. The molecule has 4 heteroatoms. The van der Waals surface area contributed by atoms with E-state index in [0.29, 0.717) is 6.10 Å². The van der Waals surface area contributed by atoms with E-state index in [1.807, 2.05) is 24.4 Å². The molecule has 4 rings (SSSR count). The molecule has 3 nitrogen and oxygen atoms in total. The van der Waals surface area contributed by atoms with Gasteiger partial charge in [-0.05, 0) is 36.8 Å². The van der Waals surface area contributed by atoms with Gasteiger partial charge in [0.25, 0.3) is 0 Å². The standard InChI is InChI=1S/C17H20N2OS/c1-2-4-15(5-3-1)20-16-8-13-10-19(11-14(13)9-16)12-17-18-6-7-21-17/h1-7,13-14,16H,8-12H2/t13-,14+,16?. The van der Waals surface area contributed by atoms with Gasteiger partial charge in [0.2, 0.25) is 0 Å². The Morgan fingerprint density at radius 2 is 1.90 bits per heavy atom. The topological polar surface area (TPSA) is 25.4 Å². The Balaban J connectivity index is 1.31. The third kappa shape index (κ3) is 2.97. The maximum atomic E-state index is 6.12. The van der Waals surface area contributed by atoms with Crippen molar-refractivity contribution < 1.29 is 4.74 Å². The Bertz CT molecular complexity index is 558. The lowest BCUT2D eigenvalue weighted by Gasteiger charge is -2.18. The number of hydrogen-bond acceptors (Lipinski definition) is 4. The van der Waals surface area contributed by atoms with Crippen LogP contribution in [-0.2, 0) is 6.54 Å². The van der Waals surface area contributed by atoms with Crippen molar-refractivity contribution in [2.24, 2.45) is 11.8 Å². The molecule has 0 spiro atoms. The van der Waals surface area contributed by atoms with E-state index in [2.05, 4.69) is 27.4 Å². The Labute approximate surface area is 129 Å². The Hall–Kier alpha value is -1.39. The Morgan fingerprint density at radius 1 is 1.14 bits per heavy atom. The molecule has 2 fully saturated rings. The highest BCUT2D eigenvalue weighted by Crippen LogP contribution is 2.40. The number of fused-ring (bicyclic) bond motifs is 1. The minimum Gasteiger partial charge on any atom is -0.490 e. The third-order valence-electron chi connectivity index (χ3n) is 4.67. The van der Waals surface area contributed by atoms with Gasteiger partial charge in [0.05, 0.1) is 12.6 Å². The SMILES string of the molecule is c1ccc(OC2C[C@@H]3CN(Cc4nccs4)C[C@@H]3C2)cc1. The summed E-state index contributed by atoms with van der Waals surface area (Å²) in [6.45, 7) is 3.44. The van der Waals surface area contributed by atoms with Gasteiger partial charge in [-0.15, -0.1) is 11.3 Å². The van der Waals surface area contributed by atoms with Gasteiger partial charge < -0.3 is 4.74 Å². The summed E-state index contributed by atoms with van der Waals surface area (Å²) >= 11 is 1.76. The zero-order valence-corrected chi connectivity index (χ0v) is 12.8. The van der Waals surface area contributed by atoms with Crippen LogP contribution in [0.25, 0.3) is 0 Å². The van der Waals surface area contributed by atoms with Crippen molar-refractivity contribution in [2.75, 3.05) is 13.1 Å². The van der Waals surface area contributed by atoms with Gasteiger partial charge in [-0.1, -0.05) is 18.2 Å². The van der Waals surface area contributed by atoms with Crippen LogP contribution in [-0.4, -0.2) is 29.1 Å². The van der Waals surface area contributed by atoms with Crippen LogP contribution >= 0.6 is 11.3 Å². The maximum absolute atomic E-state index is 6.12. The van der Waals surface area contributed by atoms with Crippen LogP contribution in [0.15, 0.2) is 41.9 Å². The number of thiazole rings is 1. The first-order chi connectivity index (χ1) is 10.4. The zero-order chi connectivity index (χ0) is 14.1. The van der Waals surface area contributed by atoms with E-state index in [1.54, 1.807) is 11.3 Å². The minimum atomic E-state index is 0.407. The summed E-state index contributed by atoms with van der Waals surface area (Å²) in [6, 6.07) is 10.2. The van der Waals surface area contributed by atoms with Crippen molar-refractivity contribution in [3.8, 4) is 5.75 Å². The van der Waals surface area contributed by atoms with Crippen molar-refractivity contribution >= 4 is 11.3 Å². The molecular weight excluding hydrogens is 280 g/mol. The van der Waals surface area contributed by atoms with Gasteiger partial charge in [-0.25, -0.2) is 4.98 Å². The average Bonchev–Trinajstić information content (AvgIpc) is 3.17. The van der Waals surface area contributed by atoms with Gasteiger partial charge in [-0.3, -0.25) is 4.90 Å². The number of para-hydroxylation sites is 1. The largest absolute Gasteiger partial charge is 0.490 e. The Kier molecular flexibility index (Phi) is 3.65. The van der Waals surface area contributed by atoms with Gasteiger partial charge in [0.1, 0.15) is 10.8 Å². The van der Waals surface area contributed by atoms with Crippen molar-refractivity contribution in [2.45, 2.75) is 25.5 Å². The summed E-state index contributed by atoms with van der Waals surface area (Å²) in [6.07, 6.45) is 4.71. The second-order valence-corrected chi connectivity index (χ2v) is 7.14. The van der Waals surface area contributed by atoms with Crippen LogP contribution in [0.4, 0.5) is 0 Å². The summed E-state index contributed by atoms with van der Waals surface area (Å²) in [5.74, 6) is 2.62. The highest BCUT2D eigenvalue weighted by molar-refractivity contribution is 7.09. The van der Waals surface area contributed by atoms with E-state index in [1.165, 1.54) is 30.9 Å². The maximum Gasteiger partial charge on any atom is 0.119 e. The number of nitrogens with zero attached hydrogens (tertiary/aromatic N) is 2. The van der Waals surface area contributed by atoms with Crippen LogP contribution in [0.2, 0.25) is 0 Å². The van der Waals surface area contributed by atoms with Gasteiger partial charge in [0.15, 0.2) is 0 Å². The number of hydrogen-bond donors (Lipinski definition) is 0. The molecule has 1 aromatic carbocycles. The van der Waals surface area contributed by atoms with Crippen molar-refractivity contribution in [3.63, 3.8) is 0 Å². The Morgan fingerprint density at radius 3 is 2.57 bits per heavy atom. The highest BCUT2D eigenvalue weighted by atomic mass is 32.1. The zero-order valence-electron chi connectivity index (χ0n) is 12.0. The molecule has 21 heavy (non-hydrogen) atoms. The van der Waals surface area contributed by atoms with Gasteiger partial charge in [-0.2, -0.15) is 0 Å². The van der Waals surface area contributed by atoms with Gasteiger partial charge >= 0.3 is 0 Å². The monoisotopic (exact) mass is 300 g/mol. The molecule has 2 heterocycles. The molecule has 0 amide bonds. The van der Waals surface area contributed by atoms with E-state index >= 15 is 0 Å². The molecule has 2 aliphatic rings. The number of ether oxygens (including phenoxy) is 1. The third-order valence-corrected chi connectivity index (χ3v) is 5.44. The lowest BCUT2D eigenvalue weighted by atomic mass is 10.0. The molecule has 0 N–H and O–H groups in total. The number of benzene rings is 1. The molecule has 1 aliphatic heterocycles.